The fourth-order valence-electron chi connectivity index (χ4n) is 1.72. The van der Waals surface area contributed by atoms with E-state index in [1.165, 1.54) is 11.1 Å². The highest BCUT2D eigenvalue weighted by Crippen LogP contribution is 2.20. The summed E-state index contributed by atoms with van der Waals surface area (Å²) in [6, 6.07) is 6.38. The van der Waals surface area contributed by atoms with E-state index in [1.807, 2.05) is 6.33 Å². The van der Waals surface area contributed by atoms with Crippen LogP contribution in [-0.4, -0.2) is 17.5 Å². The second-order valence-electron chi connectivity index (χ2n) is 4.73. The molecule has 2 aromatic rings. The summed E-state index contributed by atoms with van der Waals surface area (Å²) in [5.74, 6) is 0. The molecule has 0 N–H and O–H groups in total. The standard InChI is InChI=1S/C11H16N2Si/c1-9-6-5-7-10-11(9)12-8-13(10)14(2,3)4/h5-8H,1-4H3. The molecule has 1 aromatic heterocycles. The van der Waals surface area contributed by atoms with Crippen molar-refractivity contribution in [3.05, 3.63) is 30.1 Å². The van der Waals surface area contributed by atoms with Gasteiger partial charge in [-0.1, -0.05) is 31.8 Å². The highest BCUT2D eigenvalue weighted by atomic mass is 28.3. The van der Waals surface area contributed by atoms with E-state index in [9.17, 15) is 0 Å². The zero-order valence-corrected chi connectivity index (χ0v) is 10.2. The van der Waals surface area contributed by atoms with Crippen molar-refractivity contribution in [3.63, 3.8) is 0 Å². The van der Waals surface area contributed by atoms with Crippen LogP contribution in [0.5, 0.6) is 0 Å². The largest absolute Gasteiger partial charge is 0.359 e. The summed E-state index contributed by atoms with van der Waals surface area (Å²) in [5.41, 5.74) is 3.69. The van der Waals surface area contributed by atoms with Gasteiger partial charge in [0.15, 0.2) is 8.24 Å². The Labute approximate surface area is 85.7 Å². The molecule has 0 atom stereocenters. The molecule has 2 rings (SSSR count). The van der Waals surface area contributed by atoms with Crippen molar-refractivity contribution in [2.45, 2.75) is 26.6 Å². The van der Waals surface area contributed by atoms with E-state index in [-0.39, 0.29) is 0 Å². The summed E-state index contributed by atoms with van der Waals surface area (Å²) < 4.78 is 2.36. The van der Waals surface area contributed by atoms with Crippen molar-refractivity contribution < 1.29 is 0 Å². The zero-order valence-electron chi connectivity index (χ0n) is 9.20. The van der Waals surface area contributed by atoms with Crippen LogP contribution in [0.1, 0.15) is 5.56 Å². The van der Waals surface area contributed by atoms with Gasteiger partial charge >= 0.3 is 0 Å². The number of fused-ring (bicyclic) bond motifs is 1. The van der Waals surface area contributed by atoms with Gasteiger partial charge in [0.2, 0.25) is 0 Å². The lowest BCUT2D eigenvalue weighted by molar-refractivity contribution is 1.16. The minimum atomic E-state index is -1.31. The number of aryl methyl sites for hydroxylation is 1. The molecule has 14 heavy (non-hydrogen) atoms. The van der Waals surface area contributed by atoms with E-state index in [2.05, 4.69) is 54.0 Å². The molecule has 1 heterocycles. The van der Waals surface area contributed by atoms with Gasteiger partial charge in [-0.3, -0.25) is 0 Å². The minimum absolute atomic E-state index is 1.15. The lowest BCUT2D eigenvalue weighted by Crippen LogP contribution is -2.30. The molecule has 0 aliphatic rings. The van der Waals surface area contributed by atoms with Gasteiger partial charge in [0, 0.05) is 0 Å². The van der Waals surface area contributed by atoms with Crippen LogP contribution in [0.3, 0.4) is 0 Å². The van der Waals surface area contributed by atoms with Crippen LogP contribution >= 0.6 is 0 Å². The average molecular weight is 204 g/mol. The van der Waals surface area contributed by atoms with Crippen molar-refractivity contribution in [2.75, 3.05) is 0 Å². The van der Waals surface area contributed by atoms with Gasteiger partial charge in [0.1, 0.15) is 0 Å². The first-order valence-electron chi connectivity index (χ1n) is 4.93. The lowest BCUT2D eigenvalue weighted by atomic mass is 10.2. The highest BCUT2D eigenvalue weighted by Gasteiger charge is 2.18. The van der Waals surface area contributed by atoms with Gasteiger partial charge in [-0.15, -0.1) is 0 Å². The van der Waals surface area contributed by atoms with E-state index in [4.69, 9.17) is 0 Å². The number of para-hydroxylation sites is 1. The third-order valence-electron chi connectivity index (χ3n) is 2.50. The number of nitrogens with zero attached hydrogens (tertiary/aromatic N) is 2. The van der Waals surface area contributed by atoms with E-state index in [0.717, 1.165) is 5.52 Å². The topological polar surface area (TPSA) is 17.8 Å². The van der Waals surface area contributed by atoms with Gasteiger partial charge in [-0.2, -0.15) is 0 Å². The number of hydrogen-bond acceptors (Lipinski definition) is 1. The second kappa shape index (κ2) is 2.95. The maximum Gasteiger partial charge on any atom is 0.154 e. The van der Waals surface area contributed by atoms with Gasteiger partial charge in [-0.25, -0.2) is 4.98 Å². The average Bonchev–Trinajstić information content (AvgIpc) is 2.47. The molecule has 74 valence electrons. The molecule has 0 radical (unpaired) electrons. The Morgan fingerprint density at radius 3 is 2.57 bits per heavy atom. The summed E-state index contributed by atoms with van der Waals surface area (Å²) in [6.45, 7) is 9.10. The van der Waals surface area contributed by atoms with Crippen LogP contribution < -0.4 is 0 Å². The second-order valence-corrected chi connectivity index (χ2v) is 9.55. The fourth-order valence-corrected chi connectivity index (χ4v) is 3.03. The third kappa shape index (κ3) is 1.37. The molecule has 0 aliphatic carbocycles. The van der Waals surface area contributed by atoms with E-state index in [0.29, 0.717) is 0 Å². The SMILES string of the molecule is Cc1cccc2c1ncn2[Si](C)(C)C. The van der Waals surface area contributed by atoms with Gasteiger partial charge in [-0.05, 0) is 18.6 Å². The summed E-state index contributed by atoms with van der Waals surface area (Å²) >= 11 is 0. The molecule has 0 saturated carbocycles. The Balaban J connectivity index is 2.76. The van der Waals surface area contributed by atoms with Crippen LogP contribution in [0.4, 0.5) is 0 Å². The van der Waals surface area contributed by atoms with E-state index < -0.39 is 8.24 Å². The third-order valence-corrected chi connectivity index (χ3v) is 4.30. The summed E-state index contributed by atoms with van der Waals surface area (Å²) in [4.78, 5) is 4.48. The molecule has 0 unspecified atom stereocenters. The van der Waals surface area contributed by atoms with Crippen molar-refractivity contribution in [1.29, 1.82) is 0 Å². The maximum atomic E-state index is 4.48. The monoisotopic (exact) mass is 204 g/mol. The normalized spacial score (nSPS) is 12.3. The van der Waals surface area contributed by atoms with Crippen molar-refractivity contribution in [3.8, 4) is 0 Å². The molecule has 0 aliphatic heterocycles. The first kappa shape index (κ1) is 9.46. The van der Waals surface area contributed by atoms with Crippen molar-refractivity contribution in [2.24, 2.45) is 0 Å². The van der Waals surface area contributed by atoms with Crippen LogP contribution in [0.15, 0.2) is 24.5 Å². The highest BCUT2D eigenvalue weighted by molar-refractivity contribution is 6.75. The molecule has 0 amide bonds. The Morgan fingerprint density at radius 2 is 1.93 bits per heavy atom. The maximum absolute atomic E-state index is 4.48. The Bertz CT molecular complexity index is 466. The quantitative estimate of drug-likeness (QED) is 0.653. The molecule has 0 spiro atoms. The lowest BCUT2D eigenvalue weighted by Gasteiger charge is -2.18. The Hall–Kier alpha value is -1.09. The van der Waals surface area contributed by atoms with Crippen LogP contribution in [0.25, 0.3) is 11.0 Å². The Kier molecular flexibility index (Phi) is 1.99. The van der Waals surface area contributed by atoms with Gasteiger partial charge in [0.25, 0.3) is 0 Å². The molecule has 0 bridgehead atoms. The Morgan fingerprint density at radius 1 is 1.21 bits per heavy atom. The van der Waals surface area contributed by atoms with Crippen LogP contribution in [0.2, 0.25) is 19.6 Å². The summed E-state index contributed by atoms with van der Waals surface area (Å²) in [5, 5.41) is 0. The zero-order chi connectivity index (χ0) is 10.3. The van der Waals surface area contributed by atoms with Gasteiger partial charge in [0.05, 0.1) is 17.4 Å². The van der Waals surface area contributed by atoms with E-state index in [1.54, 1.807) is 0 Å². The summed E-state index contributed by atoms with van der Waals surface area (Å²) in [6.07, 6.45) is 1.99. The smallest absolute Gasteiger partial charge is 0.154 e. The molecular formula is C11H16N2Si. The van der Waals surface area contributed by atoms with Crippen molar-refractivity contribution >= 4 is 19.3 Å². The predicted molar refractivity (Wildman–Crippen MR) is 63.2 cm³/mol. The van der Waals surface area contributed by atoms with E-state index >= 15 is 0 Å². The molecule has 2 nitrogen and oxygen atoms in total. The van der Waals surface area contributed by atoms with Crippen molar-refractivity contribution in [1.82, 2.24) is 9.22 Å². The molecule has 0 saturated heterocycles. The molecule has 0 fully saturated rings. The number of hydrogen-bond donors (Lipinski definition) is 0. The van der Waals surface area contributed by atoms with Gasteiger partial charge < -0.3 is 4.23 Å². The first-order valence-corrected chi connectivity index (χ1v) is 8.38. The molecular weight excluding hydrogens is 188 g/mol. The number of imidazole rings is 1. The fraction of sp³-hybridized carbons (Fsp3) is 0.364. The summed E-state index contributed by atoms with van der Waals surface area (Å²) in [7, 11) is -1.31. The minimum Gasteiger partial charge on any atom is -0.359 e. The number of benzene rings is 1. The number of aromatic nitrogens is 2. The van der Waals surface area contributed by atoms with Crippen LogP contribution in [-0.2, 0) is 0 Å². The molecule has 3 heteroatoms. The molecule has 1 aromatic carbocycles. The number of rotatable bonds is 1. The van der Waals surface area contributed by atoms with Crippen LogP contribution in [0, 0.1) is 6.92 Å². The predicted octanol–water partition coefficient (Wildman–Crippen LogP) is 3.03. The first-order chi connectivity index (χ1) is 6.50.